The number of hydrogen-bond donors (Lipinski definition) is 1. The van der Waals surface area contributed by atoms with E-state index in [9.17, 15) is 4.79 Å². The number of fused-ring (bicyclic) bond motifs is 1. The molecule has 0 saturated carbocycles. The molecular formula is C12H10N2OS. The summed E-state index contributed by atoms with van der Waals surface area (Å²) in [7, 11) is 0. The standard InChI is InChI=1S/C12H10N2OS/c1-7-3-4-10-9(5-7)12(16-6-13)11(14-10)8(2)15/h3-5,14H,1-2H3. The second kappa shape index (κ2) is 4.03. The molecular weight excluding hydrogens is 220 g/mol. The van der Waals surface area contributed by atoms with Gasteiger partial charge in [0, 0.05) is 17.8 Å². The van der Waals surface area contributed by atoms with Crippen LogP contribution in [-0.2, 0) is 0 Å². The van der Waals surface area contributed by atoms with Crippen molar-refractivity contribution < 1.29 is 4.79 Å². The lowest BCUT2D eigenvalue weighted by Crippen LogP contribution is -1.93. The Kier molecular flexibility index (Phi) is 2.71. The van der Waals surface area contributed by atoms with Crippen molar-refractivity contribution in [2.24, 2.45) is 0 Å². The minimum atomic E-state index is -0.0494. The molecule has 4 heteroatoms. The molecule has 0 bridgehead atoms. The lowest BCUT2D eigenvalue weighted by Gasteiger charge is -1.95. The van der Waals surface area contributed by atoms with Crippen molar-refractivity contribution in [3.05, 3.63) is 29.5 Å². The maximum atomic E-state index is 11.4. The number of H-pyrrole nitrogens is 1. The van der Waals surface area contributed by atoms with Crippen molar-refractivity contribution in [1.29, 1.82) is 5.26 Å². The number of nitrogens with zero attached hydrogens (tertiary/aromatic N) is 1. The number of aromatic amines is 1. The smallest absolute Gasteiger partial charge is 0.177 e. The van der Waals surface area contributed by atoms with Crippen LogP contribution in [0.2, 0.25) is 0 Å². The average Bonchev–Trinajstić information content (AvgIpc) is 2.58. The number of rotatable bonds is 2. The van der Waals surface area contributed by atoms with Gasteiger partial charge in [0.25, 0.3) is 0 Å². The van der Waals surface area contributed by atoms with Crippen LogP contribution in [0.25, 0.3) is 10.9 Å². The molecule has 2 aromatic rings. The van der Waals surface area contributed by atoms with Gasteiger partial charge in [0.2, 0.25) is 0 Å². The minimum absolute atomic E-state index is 0.0494. The van der Waals surface area contributed by atoms with Crippen molar-refractivity contribution in [3.63, 3.8) is 0 Å². The number of aromatic nitrogens is 1. The van der Waals surface area contributed by atoms with Crippen molar-refractivity contribution >= 4 is 28.4 Å². The lowest BCUT2D eigenvalue weighted by atomic mass is 10.2. The van der Waals surface area contributed by atoms with Crippen LogP contribution in [0.4, 0.5) is 0 Å². The van der Waals surface area contributed by atoms with E-state index in [1.807, 2.05) is 30.5 Å². The maximum absolute atomic E-state index is 11.4. The summed E-state index contributed by atoms with van der Waals surface area (Å²) in [6.45, 7) is 3.49. The Morgan fingerprint density at radius 3 is 2.88 bits per heavy atom. The Bertz CT molecular complexity index is 607. The normalized spacial score (nSPS) is 10.3. The molecule has 1 aromatic heterocycles. The predicted octanol–water partition coefficient (Wildman–Crippen LogP) is 3.25. The Balaban J connectivity index is 2.78. The fourth-order valence-corrected chi connectivity index (χ4v) is 2.35. The third kappa shape index (κ3) is 1.70. The summed E-state index contributed by atoms with van der Waals surface area (Å²) >= 11 is 1.03. The van der Waals surface area contributed by atoms with Crippen molar-refractivity contribution in [2.75, 3.05) is 0 Å². The third-order valence-electron chi connectivity index (χ3n) is 2.41. The van der Waals surface area contributed by atoms with Gasteiger partial charge in [0.05, 0.1) is 10.6 Å². The van der Waals surface area contributed by atoms with E-state index in [-0.39, 0.29) is 5.78 Å². The lowest BCUT2D eigenvalue weighted by molar-refractivity contribution is 0.101. The van der Waals surface area contributed by atoms with E-state index in [2.05, 4.69) is 4.98 Å². The zero-order valence-corrected chi connectivity index (χ0v) is 9.81. The quantitative estimate of drug-likeness (QED) is 0.489. The number of nitrogens with one attached hydrogen (secondary N) is 1. The van der Waals surface area contributed by atoms with E-state index in [4.69, 9.17) is 5.26 Å². The van der Waals surface area contributed by atoms with E-state index in [0.717, 1.165) is 33.1 Å². The van der Waals surface area contributed by atoms with E-state index in [0.29, 0.717) is 5.69 Å². The van der Waals surface area contributed by atoms with Crippen LogP contribution in [0.3, 0.4) is 0 Å². The Morgan fingerprint density at radius 2 is 2.25 bits per heavy atom. The number of carbonyl (C=O) groups is 1. The second-order valence-corrected chi connectivity index (χ2v) is 4.42. The fraction of sp³-hybridized carbons (Fsp3) is 0.167. The average molecular weight is 230 g/mol. The van der Waals surface area contributed by atoms with Crippen LogP contribution in [0, 0.1) is 17.6 Å². The van der Waals surface area contributed by atoms with Crippen LogP contribution in [0.15, 0.2) is 23.1 Å². The monoisotopic (exact) mass is 230 g/mol. The summed E-state index contributed by atoms with van der Waals surface area (Å²) in [6.07, 6.45) is 0. The molecule has 1 N–H and O–H groups in total. The number of nitriles is 1. The second-order valence-electron chi connectivity index (χ2n) is 3.63. The van der Waals surface area contributed by atoms with Crippen molar-refractivity contribution in [3.8, 4) is 5.40 Å². The van der Waals surface area contributed by atoms with Crippen LogP contribution < -0.4 is 0 Å². The van der Waals surface area contributed by atoms with Gasteiger partial charge in [0.15, 0.2) is 5.78 Å². The molecule has 0 unspecified atom stereocenters. The fourth-order valence-electron chi connectivity index (χ4n) is 1.68. The van der Waals surface area contributed by atoms with Crippen LogP contribution in [-0.4, -0.2) is 10.8 Å². The van der Waals surface area contributed by atoms with Crippen LogP contribution >= 0.6 is 11.8 Å². The van der Waals surface area contributed by atoms with Gasteiger partial charge in [-0.2, -0.15) is 5.26 Å². The highest BCUT2D eigenvalue weighted by atomic mass is 32.2. The summed E-state index contributed by atoms with van der Waals surface area (Å²) in [5, 5.41) is 11.7. The predicted molar refractivity (Wildman–Crippen MR) is 64.5 cm³/mol. The zero-order chi connectivity index (χ0) is 11.7. The molecule has 0 aliphatic rings. The molecule has 80 valence electrons. The molecule has 0 amide bonds. The first kappa shape index (κ1) is 10.8. The summed E-state index contributed by atoms with van der Waals surface area (Å²) < 4.78 is 0. The van der Waals surface area contributed by atoms with Crippen LogP contribution in [0.5, 0.6) is 0 Å². The molecule has 0 radical (unpaired) electrons. The SMILES string of the molecule is CC(=O)c1[nH]c2ccc(C)cc2c1SC#N. The number of ketones is 1. The van der Waals surface area contributed by atoms with E-state index < -0.39 is 0 Å². The van der Waals surface area contributed by atoms with Gasteiger partial charge < -0.3 is 4.98 Å². The van der Waals surface area contributed by atoms with Gasteiger partial charge in [0.1, 0.15) is 5.40 Å². The Morgan fingerprint density at radius 1 is 1.50 bits per heavy atom. The Hall–Kier alpha value is -1.73. The van der Waals surface area contributed by atoms with Gasteiger partial charge in [-0.1, -0.05) is 11.6 Å². The molecule has 0 fully saturated rings. The number of hydrogen-bond acceptors (Lipinski definition) is 3. The molecule has 0 aliphatic carbocycles. The van der Waals surface area contributed by atoms with Gasteiger partial charge in [-0.05, 0) is 30.8 Å². The summed E-state index contributed by atoms with van der Waals surface area (Å²) in [6, 6.07) is 5.89. The highest BCUT2D eigenvalue weighted by molar-refractivity contribution is 8.04. The molecule has 0 aliphatic heterocycles. The van der Waals surface area contributed by atoms with Gasteiger partial charge in [-0.15, -0.1) is 0 Å². The van der Waals surface area contributed by atoms with Crippen LogP contribution in [0.1, 0.15) is 23.0 Å². The Labute approximate surface area is 97.5 Å². The first-order chi connectivity index (χ1) is 7.63. The molecule has 2 rings (SSSR count). The topological polar surface area (TPSA) is 56.6 Å². The minimum Gasteiger partial charge on any atom is -0.351 e. The number of Topliss-reactive ketones (excluding diaryl/α,β-unsaturated/α-hetero) is 1. The highest BCUT2D eigenvalue weighted by Crippen LogP contribution is 2.32. The van der Waals surface area contributed by atoms with Gasteiger partial charge >= 0.3 is 0 Å². The van der Waals surface area contributed by atoms with Gasteiger partial charge in [-0.25, -0.2) is 0 Å². The van der Waals surface area contributed by atoms with E-state index >= 15 is 0 Å². The molecule has 0 atom stereocenters. The largest absolute Gasteiger partial charge is 0.351 e. The summed E-state index contributed by atoms with van der Waals surface area (Å²) in [4.78, 5) is 15.2. The zero-order valence-electron chi connectivity index (χ0n) is 9.00. The summed E-state index contributed by atoms with van der Waals surface area (Å²) in [5.41, 5.74) is 2.53. The summed E-state index contributed by atoms with van der Waals surface area (Å²) in [5.74, 6) is -0.0494. The first-order valence-electron chi connectivity index (χ1n) is 4.82. The highest BCUT2D eigenvalue weighted by Gasteiger charge is 2.15. The maximum Gasteiger partial charge on any atom is 0.177 e. The molecule has 0 spiro atoms. The number of carbonyl (C=O) groups excluding carboxylic acids is 1. The van der Waals surface area contributed by atoms with E-state index in [1.54, 1.807) is 0 Å². The van der Waals surface area contributed by atoms with Crippen molar-refractivity contribution in [2.45, 2.75) is 18.7 Å². The number of thiocyanates is 1. The molecule has 1 heterocycles. The van der Waals surface area contributed by atoms with Crippen molar-refractivity contribution in [1.82, 2.24) is 4.98 Å². The number of benzene rings is 1. The molecule has 3 nitrogen and oxygen atoms in total. The number of thioether (sulfide) groups is 1. The molecule has 1 aromatic carbocycles. The molecule has 0 saturated heterocycles. The van der Waals surface area contributed by atoms with Gasteiger partial charge in [-0.3, -0.25) is 4.79 Å². The van der Waals surface area contributed by atoms with E-state index in [1.165, 1.54) is 6.92 Å². The molecule has 16 heavy (non-hydrogen) atoms. The number of aryl methyl sites for hydroxylation is 1. The third-order valence-corrected chi connectivity index (χ3v) is 3.13. The first-order valence-corrected chi connectivity index (χ1v) is 5.64.